The van der Waals surface area contributed by atoms with Gasteiger partial charge in [0.2, 0.25) is 5.91 Å². The van der Waals surface area contributed by atoms with E-state index in [9.17, 15) is 4.79 Å². The number of anilines is 1. The van der Waals surface area contributed by atoms with Crippen molar-refractivity contribution in [2.75, 3.05) is 25.0 Å². The van der Waals surface area contributed by atoms with E-state index in [1.54, 1.807) is 0 Å². The molecule has 1 aromatic rings. The Hall–Kier alpha value is -1.55. The highest BCUT2D eigenvalue weighted by Gasteiger charge is 2.15. The van der Waals surface area contributed by atoms with Gasteiger partial charge in [-0.3, -0.25) is 4.79 Å². The van der Waals surface area contributed by atoms with Crippen molar-refractivity contribution in [2.24, 2.45) is 0 Å². The fourth-order valence-corrected chi connectivity index (χ4v) is 1.79. The van der Waals surface area contributed by atoms with Crippen LogP contribution in [0.4, 0.5) is 5.69 Å². The van der Waals surface area contributed by atoms with E-state index in [0.717, 1.165) is 24.3 Å². The van der Waals surface area contributed by atoms with E-state index in [1.807, 2.05) is 31.2 Å². The summed E-state index contributed by atoms with van der Waals surface area (Å²) in [6.45, 7) is 4.67. The molecule has 2 rings (SSSR count). The lowest BCUT2D eigenvalue weighted by atomic mass is 10.1. The van der Waals surface area contributed by atoms with Gasteiger partial charge in [-0.15, -0.1) is 0 Å². The SMILES string of the molecule is CCNC(=O)Cc1ccc(NC2CNC2)cc1. The monoisotopic (exact) mass is 233 g/mol. The molecule has 0 bridgehead atoms. The molecule has 0 saturated carbocycles. The van der Waals surface area contributed by atoms with E-state index in [4.69, 9.17) is 0 Å². The molecule has 1 heterocycles. The maximum absolute atomic E-state index is 11.4. The summed E-state index contributed by atoms with van der Waals surface area (Å²) in [6.07, 6.45) is 0.457. The largest absolute Gasteiger partial charge is 0.380 e. The molecule has 1 aromatic carbocycles. The number of carbonyl (C=O) groups excluding carboxylic acids is 1. The van der Waals surface area contributed by atoms with Gasteiger partial charge in [0.05, 0.1) is 12.5 Å². The van der Waals surface area contributed by atoms with E-state index in [-0.39, 0.29) is 5.91 Å². The molecule has 1 amide bonds. The molecule has 1 aliphatic rings. The van der Waals surface area contributed by atoms with Crippen LogP contribution in [-0.4, -0.2) is 31.6 Å². The second kappa shape index (κ2) is 5.68. The Balaban J connectivity index is 1.86. The summed E-state index contributed by atoms with van der Waals surface area (Å²) >= 11 is 0. The fourth-order valence-electron chi connectivity index (χ4n) is 1.79. The van der Waals surface area contributed by atoms with Gasteiger partial charge in [0.15, 0.2) is 0 Å². The number of amides is 1. The van der Waals surface area contributed by atoms with Gasteiger partial charge in [-0.1, -0.05) is 12.1 Å². The van der Waals surface area contributed by atoms with Crippen molar-refractivity contribution in [3.8, 4) is 0 Å². The van der Waals surface area contributed by atoms with E-state index in [2.05, 4.69) is 16.0 Å². The first-order valence-electron chi connectivity index (χ1n) is 6.11. The normalized spacial score (nSPS) is 15.1. The minimum Gasteiger partial charge on any atom is -0.380 e. The Morgan fingerprint density at radius 2 is 2.06 bits per heavy atom. The number of rotatable bonds is 5. The minimum absolute atomic E-state index is 0.0800. The predicted octanol–water partition coefficient (Wildman–Crippen LogP) is 0.749. The molecule has 92 valence electrons. The zero-order chi connectivity index (χ0) is 12.1. The first-order valence-corrected chi connectivity index (χ1v) is 6.11. The molecule has 17 heavy (non-hydrogen) atoms. The molecule has 1 aliphatic heterocycles. The second-order valence-electron chi connectivity index (χ2n) is 4.33. The van der Waals surface area contributed by atoms with Crippen molar-refractivity contribution in [1.29, 1.82) is 0 Å². The lowest BCUT2D eigenvalue weighted by Crippen LogP contribution is -2.51. The van der Waals surface area contributed by atoms with Crippen LogP contribution in [0, 0.1) is 0 Å². The van der Waals surface area contributed by atoms with Crippen LogP contribution in [-0.2, 0) is 11.2 Å². The van der Waals surface area contributed by atoms with E-state index >= 15 is 0 Å². The number of carbonyl (C=O) groups is 1. The van der Waals surface area contributed by atoms with E-state index < -0.39 is 0 Å². The van der Waals surface area contributed by atoms with Crippen LogP contribution in [0.1, 0.15) is 12.5 Å². The Morgan fingerprint density at radius 1 is 1.35 bits per heavy atom. The molecule has 0 spiro atoms. The molecule has 0 aromatic heterocycles. The van der Waals surface area contributed by atoms with Crippen LogP contribution in [0.15, 0.2) is 24.3 Å². The Morgan fingerprint density at radius 3 is 2.59 bits per heavy atom. The van der Waals surface area contributed by atoms with Gasteiger partial charge in [-0.25, -0.2) is 0 Å². The molecule has 0 unspecified atom stereocenters. The Kier molecular flexibility index (Phi) is 3.98. The van der Waals surface area contributed by atoms with E-state index in [0.29, 0.717) is 19.0 Å². The lowest BCUT2D eigenvalue weighted by Gasteiger charge is -2.29. The number of benzene rings is 1. The predicted molar refractivity (Wildman–Crippen MR) is 69.1 cm³/mol. The number of likely N-dealkylation sites (N-methyl/N-ethyl adjacent to an activating group) is 1. The van der Waals surface area contributed by atoms with Gasteiger partial charge in [0.25, 0.3) is 0 Å². The van der Waals surface area contributed by atoms with Gasteiger partial charge in [0, 0.05) is 25.3 Å². The third kappa shape index (κ3) is 3.46. The van der Waals surface area contributed by atoms with Crippen molar-refractivity contribution < 1.29 is 4.79 Å². The van der Waals surface area contributed by atoms with Gasteiger partial charge in [-0.05, 0) is 24.6 Å². The van der Waals surface area contributed by atoms with Crippen LogP contribution in [0.5, 0.6) is 0 Å². The minimum atomic E-state index is 0.0800. The van der Waals surface area contributed by atoms with Crippen LogP contribution in [0.2, 0.25) is 0 Å². The van der Waals surface area contributed by atoms with E-state index in [1.165, 1.54) is 0 Å². The molecule has 1 saturated heterocycles. The average Bonchev–Trinajstić information content (AvgIpc) is 2.26. The summed E-state index contributed by atoms with van der Waals surface area (Å²) in [5.41, 5.74) is 2.17. The summed E-state index contributed by atoms with van der Waals surface area (Å²) in [4.78, 5) is 11.4. The van der Waals surface area contributed by atoms with Gasteiger partial charge >= 0.3 is 0 Å². The van der Waals surface area contributed by atoms with Crippen molar-refractivity contribution in [2.45, 2.75) is 19.4 Å². The Labute approximate surface area is 102 Å². The molecule has 0 aliphatic carbocycles. The Bertz CT molecular complexity index is 371. The van der Waals surface area contributed by atoms with Gasteiger partial charge < -0.3 is 16.0 Å². The van der Waals surface area contributed by atoms with Crippen LogP contribution in [0.25, 0.3) is 0 Å². The smallest absolute Gasteiger partial charge is 0.224 e. The highest BCUT2D eigenvalue weighted by molar-refractivity contribution is 5.78. The molecule has 3 N–H and O–H groups in total. The quantitative estimate of drug-likeness (QED) is 0.703. The first-order chi connectivity index (χ1) is 8.28. The number of hydrogen-bond donors (Lipinski definition) is 3. The third-order valence-corrected chi connectivity index (χ3v) is 2.84. The zero-order valence-corrected chi connectivity index (χ0v) is 10.1. The molecule has 4 heteroatoms. The second-order valence-corrected chi connectivity index (χ2v) is 4.33. The van der Waals surface area contributed by atoms with Crippen molar-refractivity contribution in [3.05, 3.63) is 29.8 Å². The lowest BCUT2D eigenvalue weighted by molar-refractivity contribution is -0.120. The highest BCUT2D eigenvalue weighted by Crippen LogP contribution is 2.12. The molecule has 0 radical (unpaired) electrons. The third-order valence-electron chi connectivity index (χ3n) is 2.84. The van der Waals surface area contributed by atoms with Gasteiger partial charge in [0.1, 0.15) is 0 Å². The zero-order valence-electron chi connectivity index (χ0n) is 10.1. The van der Waals surface area contributed by atoms with Crippen molar-refractivity contribution in [1.82, 2.24) is 10.6 Å². The van der Waals surface area contributed by atoms with Crippen molar-refractivity contribution >= 4 is 11.6 Å². The van der Waals surface area contributed by atoms with Gasteiger partial charge in [-0.2, -0.15) is 0 Å². The summed E-state index contributed by atoms with van der Waals surface area (Å²) in [5, 5.41) is 9.43. The van der Waals surface area contributed by atoms with Crippen molar-refractivity contribution in [3.63, 3.8) is 0 Å². The molecule has 0 atom stereocenters. The molecule has 4 nitrogen and oxygen atoms in total. The van der Waals surface area contributed by atoms with Crippen LogP contribution >= 0.6 is 0 Å². The van der Waals surface area contributed by atoms with Crippen LogP contribution < -0.4 is 16.0 Å². The summed E-state index contributed by atoms with van der Waals surface area (Å²) in [6, 6.07) is 8.62. The fraction of sp³-hybridized carbons (Fsp3) is 0.462. The first kappa shape index (κ1) is 11.9. The average molecular weight is 233 g/mol. The molecular weight excluding hydrogens is 214 g/mol. The summed E-state index contributed by atoms with van der Waals surface area (Å²) < 4.78 is 0. The number of hydrogen-bond acceptors (Lipinski definition) is 3. The molecule has 1 fully saturated rings. The maximum atomic E-state index is 11.4. The topological polar surface area (TPSA) is 53.2 Å². The maximum Gasteiger partial charge on any atom is 0.224 e. The van der Waals surface area contributed by atoms with Crippen LogP contribution in [0.3, 0.4) is 0 Å². The standard InChI is InChI=1S/C13H19N3O/c1-2-15-13(17)7-10-3-5-11(6-4-10)16-12-8-14-9-12/h3-6,12,14,16H,2,7-9H2,1H3,(H,15,17). The number of nitrogens with one attached hydrogen (secondary N) is 3. The summed E-state index contributed by atoms with van der Waals surface area (Å²) in [5.74, 6) is 0.0800. The molecular formula is C13H19N3O. The summed E-state index contributed by atoms with van der Waals surface area (Å²) in [7, 11) is 0. The highest BCUT2D eigenvalue weighted by atomic mass is 16.1.